The fourth-order valence-electron chi connectivity index (χ4n) is 7.70. The van der Waals surface area contributed by atoms with E-state index in [-0.39, 0.29) is 42.9 Å². The van der Waals surface area contributed by atoms with Gasteiger partial charge in [-0.25, -0.2) is 0 Å². The third-order valence-corrected chi connectivity index (χ3v) is 11.2. The van der Waals surface area contributed by atoms with Crippen molar-refractivity contribution >= 4 is 11.9 Å². The van der Waals surface area contributed by atoms with E-state index in [2.05, 4.69) is 39.5 Å². The maximum Gasteiger partial charge on any atom is 0.308 e. The molecule has 1 saturated heterocycles. The number of carbonyl (C=O) groups is 2. The van der Waals surface area contributed by atoms with E-state index in [0.29, 0.717) is 13.1 Å². The molecule has 1 aliphatic rings. The summed E-state index contributed by atoms with van der Waals surface area (Å²) in [4.78, 5) is 31.2. The number of nitrogens with zero attached hydrogens (tertiary/aromatic N) is 2. The average molecular weight is 723 g/mol. The Bertz CT molecular complexity index is 754. The van der Waals surface area contributed by atoms with E-state index in [1.54, 1.807) is 0 Å². The standard InChI is InChI=1S/C44H86N2O5/c1-6-10-14-18-20-24-30-40(28-22-16-12-8-3)43(48)50-36-34-46(42(47)39(5)38-45-32-26-27-33-45)35-37-51-44(49)41(29-23-17-13-9-4)31-25-21-19-15-11-7-2/h39-42,47H,6-38H2,1-5H3. The van der Waals surface area contributed by atoms with E-state index < -0.39 is 6.23 Å². The van der Waals surface area contributed by atoms with E-state index >= 15 is 0 Å². The quantitative estimate of drug-likeness (QED) is 0.0392. The molecule has 1 fully saturated rings. The van der Waals surface area contributed by atoms with Crippen molar-refractivity contribution in [3.05, 3.63) is 0 Å². The molecule has 0 amide bonds. The van der Waals surface area contributed by atoms with Crippen LogP contribution in [0, 0.1) is 17.8 Å². The smallest absolute Gasteiger partial charge is 0.308 e. The highest BCUT2D eigenvalue weighted by atomic mass is 16.5. The molecule has 1 aliphatic heterocycles. The summed E-state index contributed by atoms with van der Waals surface area (Å²) in [6.45, 7) is 15.4. The molecule has 0 bridgehead atoms. The maximum atomic E-state index is 13.4. The number of carbonyl (C=O) groups excluding carboxylic acids is 2. The van der Waals surface area contributed by atoms with Gasteiger partial charge in [0, 0.05) is 25.6 Å². The molecule has 0 aromatic heterocycles. The minimum Gasteiger partial charge on any atom is -0.464 e. The minimum absolute atomic E-state index is 0.0348. The monoisotopic (exact) mass is 723 g/mol. The average Bonchev–Trinajstić information content (AvgIpc) is 3.64. The van der Waals surface area contributed by atoms with Gasteiger partial charge >= 0.3 is 11.9 Å². The normalized spacial score (nSPS) is 16.0. The van der Waals surface area contributed by atoms with Crippen molar-refractivity contribution in [1.29, 1.82) is 0 Å². The number of unbranched alkanes of at least 4 members (excludes halogenated alkanes) is 16. The van der Waals surface area contributed by atoms with Gasteiger partial charge in [0.05, 0.1) is 11.8 Å². The van der Waals surface area contributed by atoms with Gasteiger partial charge in [-0.1, -0.05) is 163 Å². The van der Waals surface area contributed by atoms with Crippen molar-refractivity contribution < 1.29 is 24.2 Å². The number of ether oxygens (including phenoxy) is 2. The van der Waals surface area contributed by atoms with Crippen LogP contribution in [0.5, 0.6) is 0 Å². The maximum absolute atomic E-state index is 13.4. The largest absolute Gasteiger partial charge is 0.464 e. The predicted octanol–water partition coefficient (Wildman–Crippen LogP) is 11.1. The van der Waals surface area contributed by atoms with Gasteiger partial charge in [-0.2, -0.15) is 0 Å². The van der Waals surface area contributed by atoms with E-state index in [9.17, 15) is 14.7 Å². The lowest BCUT2D eigenvalue weighted by Crippen LogP contribution is -2.46. The highest BCUT2D eigenvalue weighted by molar-refractivity contribution is 5.72. The molecule has 0 aromatic rings. The molecule has 4 unspecified atom stereocenters. The number of likely N-dealkylation sites (tertiary alicyclic amines) is 1. The summed E-state index contributed by atoms with van der Waals surface area (Å²) in [5, 5.41) is 11.5. The van der Waals surface area contributed by atoms with Gasteiger partial charge < -0.3 is 19.5 Å². The molecular formula is C44H86N2O5. The number of aliphatic hydroxyl groups is 1. The fraction of sp³-hybridized carbons (Fsp3) is 0.955. The topological polar surface area (TPSA) is 79.3 Å². The lowest BCUT2D eigenvalue weighted by atomic mass is 9.94. The summed E-state index contributed by atoms with van der Waals surface area (Å²) in [6.07, 6.45) is 29.3. The van der Waals surface area contributed by atoms with Crippen LogP contribution in [-0.4, -0.2) is 79.0 Å². The fourth-order valence-corrected chi connectivity index (χ4v) is 7.70. The SMILES string of the molecule is CCCCCCCCC(CCCCCC)C(=O)OCCN(CCOC(=O)C(CCCCCC)CCCCCCCC)C(O)C(C)CN1CCCC1. The predicted molar refractivity (Wildman–Crippen MR) is 215 cm³/mol. The lowest BCUT2D eigenvalue weighted by molar-refractivity contribution is -0.152. The number of rotatable bonds is 36. The Hall–Kier alpha value is -1.18. The molecule has 1 N–H and O–H groups in total. The molecule has 0 aromatic carbocycles. The second-order valence-corrected chi connectivity index (χ2v) is 16.0. The summed E-state index contributed by atoms with van der Waals surface area (Å²) in [6, 6.07) is 0. The number of hydrogen-bond acceptors (Lipinski definition) is 7. The van der Waals surface area contributed by atoms with E-state index in [0.717, 1.165) is 71.0 Å². The van der Waals surface area contributed by atoms with Gasteiger partial charge in [0.2, 0.25) is 0 Å². The van der Waals surface area contributed by atoms with Gasteiger partial charge in [0.15, 0.2) is 0 Å². The van der Waals surface area contributed by atoms with Crippen LogP contribution >= 0.6 is 0 Å². The van der Waals surface area contributed by atoms with Gasteiger partial charge in [-0.3, -0.25) is 14.5 Å². The van der Waals surface area contributed by atoms with Crippen LogP contribution in [0.3, 0.4) is 0 Å². The Balaban J connectivity index is 2.79. The van der Waals surface area contributed by atoms with Crippen LogP contribution in [0.4, 0.5) is 0 Å². The molecule has 1 heterocycles. The molecule has 0 saturated carbocycles. The zero-order chi connectivity index (χ0) is 37.4. The van der Waals surface area contributed by atoms with Crippen LogP contribution < -0.4 is 0 Å². The first-order chi connectivity index (χ1) is 24.9. The van der Waals surface area contributed by atoms with Crippen LogP contribution in [-0.2, 0) is 19.1 Å². The summed E-state index contributed by atoms with van der Waals surface area (Å²) in [5.41, 5.74) is 0. The molecule has 0 spiro atoms. The van der Waals surface area contributed by atoms with Crippen LogP contribution in [0.25, 0.3) is 0 Å². The first-order valence-electron chi connectivity index (χ1n) is 22.3. The molecular weight excluding hydrogens is 636 g/mol. The van der Waals surface area contributed by atoms with Gasteiger partial charge in [0.1, 0.15) is 19.4 Å². The highest BCUT2D eigenvalue weighted by Gasteiger charge is 2.27. The Labute approximate surface area is 316 Å². The van der Waals surface area contributed by atoms with Crippen molar-refractivity contribution in [2.45, 2.75) is 208 Å². The summed E-state index contributed by atoms with van der Waals surface area (Å²) in [7, 11) is 0. The van der Waals surface area contributed by atoms with Crippen molar-refractivity contribution in [2.75, 3.05) is 45.9 Å². The van der Waals surface area contributed by atoms with Crippen LogP contribution in [0.1, 0.15) is 202 Å². The Morgan fingerprint density at radius 3 is 1.27 bits per heavy atom. The second kappa shape index (κ2) is 33.4. The van der Waals surface area contributed by atoms with E-state index in [1.807, 2.05) is 4.90 Å². The number of esters is 2. The zero-order valence-electron chi connectivity index (χ0n) is 34.6. The third kappa shape index (κ3) is 24.7. The molecule has 51 heavy (non-hydrogen) atoms. The van der Waals surface area contributed by atoms with Crippen molar-refractivity contribution in [3.63, 3.8) is 0 Å². The highest BCUT2D eigenvalue weighted by Crippen LogP contribution is 2.23. The van der Waals surface area contributed by atoms with Gasteiger partial charge in [-0.15, -0.1) is 0 Å². The summed E-state index contributed by atoms with van der Waals surface area (Å²) in [5.74, 6) is -0.199. The van der Waals surface area contributed by atoms with E-state index in [4.69, 9.17) is 9.47 Å². The van der Waals surface area contributed by atoms with Crippen LogP contribution in [0.15, 0.2) is 0 Å². The molecule has 1 rings (SSSR count). The summed E-state index contributed by atoms with van der Waals surface area (Å²) >= 11 is 0. The van der Waals surface area contributed by atoms with Gasteiger partial charge in [0.25, 0.3) is 0 Å². The Kier molecular flexibility index (Phi) is 31.3. The molecule has 7 heteroatoms. The minimum atomic E-state index is -0.691. The third-order valence-electron chi connectivity index (χ3n) is 11.2. The van der Waals surface area contributed by atoms with Crippen molar-refractivity contribution in [3.8, 4) is 0 Å². The Morgan fingerprint density at radius 2 is 0.902 bits per heavy atom. The summed E-state index contributed by atoms with van der Waals surface area (Å²) < 4.78 is 11.9. The molecule has 4 atom stereocenters. The lowest BCUT2D eigenvalue weighted by Gasteiger charge is -2.33. The molecule has 7 nitrogen and oxygen atoms in total. The Morgan fingerprint density at radius 1 is 0.569 bits per heavy atom. The molecule has 0 radical (unpaired) electrons. The van der Waals surface area contributed by atoms with Crippen molar-refractivity contribution in [1.82, 2.24) is 9.80 Å². The van der Waals surface area contributed by atoms with Crippen LogP contribution in [0.2, 0.25) is 0 Å². The second-order valence-electron chi connectivity index (χ2n) is 16.0. The van der Waals surface area contributed by atoms with E-state index in [1.165, 1.54) is 116 Å². The molecule has 302 valence electrons. The first-order valence-corrected chi connectivity index (χ1v) is 22.3. The van der Waals surface area contributed by atoms with Crippen molar-refractivity contribution in [2.24, 2.45) is 17.8 Å². The molecule has 0 aliphatic carbocycles. The zero-order valence-corrected chi connectivity index (χ0v) is 34.6. The number of hydrogen-bond donors (Lipinski definition) is 1. The van der Waals surface area contributed by atoms with Gasteiger partial charge in [-0.05, 0) is 51.6 Å². The first kappa shape index (κ1) is 47.8. The number of aliphatic hydroxyl groups excluding tert-OH is 1.